The third kappa shape index (κ3) is 38.6. The summed E-state index contributed by atoms with van der Waals surface area (Å²) >= 11 is 0. The van der Waals surface area contributed by atoms with E-state index in [0.717, 1.165) is 13.0 Å². The molecule has 0 bridgehead atoms. The number of carbonyl (C=O) groups excluding carboxylic acids is 1. The zero-order valence-electron chi connectivity index (χ0n) is 26.5. The molecule has 0 saturated heterocycles. The molecule has 0 radical (unpaired) electrons. The van der Waals surface area contributed by atoms with Crippen LogP contribution in [0.15, 0.2) is 0 Å². The number of ether oxygens (including phenoxy) is 9. The molecule has 1 amide bonds. The van der Waals surface area contributed by atoms with Gasteiger partial charge in [0.2, 0.25) is 5.91 Å². The number of hydrogen-bond donors (Lipinski definition) is 2. The number of nitrogens with one attached hydrogen (secondary N) is 1. The first-order valence-corrected chi connectivity index (χ1v) is 15.8. The quantitative estimate of drug-likeness (QED) is 0.0977. The molecular formula is C30H59NO12. The maximum Gasteiger partial charge on any atom is 0.329 e. The number of amides is 1. The van der Waals surface area contributed by atoms with E-state index in [1.807, 2.05) is 0 Å². The van der Waals surface area contributed by atoms with E-state index >= 15 is 0 Å². The van der Waals surface area contributed by atoms with E-state index in [1.54, 1.807) is 0 Å². The van der Waals surface area contributed by atoms with E-state index in [1.165, 1.54) is 44.9 Å². The fraction of sp³-hybridized carbons (Fsp3) is 0.933. The Hall–Kier alpha value is -1.42. The van der Waals surface area contributed by atoms with Crippen LogP contribution >= 0.6 is 0 Å². The van der Waals surface area contributed by atoms with Crippen LogP contribution in [0.5, 0.6) is 0 Å². The van der Waals surface area contributed by atoms with E-state index in [9.17, 15) is 9.59 Å². The average Bonchev–Trinajstić information content (AvgIpc) is 2.99. The Morgan fingerprint density at radius 2 is 0.791 bits per heavy atom. The second kappa shape index (κ2) is 36.8. The van der Waals surface area contributed by atoms with Gasteiger partial charge in [0.05, 0.1) is 99.1 Å². The maximum absolute atomic E-state index is 11.3. The van der Waals surface area contributed by atoms with Crippen molar-refractivity contribution in [3.63, 3.8) is 0 Å². The molecule has 0 aromatic carbocycles. The zero-order valence-corrected chi connectivity index (χ0v) is 26.5. The molecule has 0 spiro atoms. The fourth-order valence-electron chi connectivity index (χ4n) is 3.52. The molecule has 0 rings (SSSR count). The van der Waals surface area contributed by atoms with Crippen LogP contribution in [-0.4, -0.2) is 142 Å². The number of carboxylic acid groups (broad SMARTS) is 1. The summed E-state index contributed by atoms with van der Waals surface area (Å²) in [7, 11) is 0. The summed E-state index contributed by atoms with van der Waals surface area (Å²) in [5.74, 6) is -1.51. The highest BCUT2D eigenvalue weighted by atomic mass is 16.6. The van der Waals surface area contributed by atoms with Gasteiger partial charge in [0.15, 0.2) is 0 Å². The molecule has 0 aromatic rings. The van der Waals surface area contributed by atoms with E-state index in [0.29, 0.717) is 106 Å². The summed E-state index contributed by atoms with van der Waals surface area (Å²) in [6, 6.07) is 0. The van der Waals surface area contributed by atoms with Crippen LogP contribution in [0.2, 0.25) is 0 Å². The highest BCUT2D eigenvalue weighted by Gasteiger charge is 2.03. The molecule has 0 aromatic heterocycles. The third-order valence-corrected chi connectivity index (χ3v) is 5.77. The van der Waals surface area contributed by atoms with Crippen LogP contribution in [0.3, 0.4) is 0 Å². The van der Waals surface area contributed by atoms with Crippen LogP contribution in [0.4, 0.5) is 0 Å². The first-order valence-electron chi connectivity index (χ1n) is 15.8. The highest BCUT2D eigenvalue weighted by molar-refractivity contribution is 5.77. The molecule has 0 aliphatic carbocycles. The van der Waals surface area contributed by atoms with Gasteiger partial charge in [-0.3, -0.25) is 4.79 Å². The SMILES string of the molecule is CCCCCCCCCCOCCOCCOCCOCCOCCOCCOCCOCCNC(=O)COCC(=O)O. The minimum atomic E-state index is -1.12. The first-order chi connectivity index (χ1) is 21.2. The van der Waals surface area contributed by atoms with Crippen molar-refractivity contribution >= 4 is 11.9 Å². The lowest BCUT2D eigenvalue weighted by Crippen LogP contribution is -2.31. The predicted octanol–water partition coefficient (Wildman–Crippen LogP) is 2.48. The molecule has 13 heteroatoms. The number of aliphatic carboxylic acids is 1. The maximum atomic E-state index is 11.3. The average molecular weight is 626 g/mol. The molecule has 43 heavy (non-hydrogen) atoms. The monoisotopic (exact) mass is 625 g/mol. The summed E-state index contributed by atoms with van der Waals surface area (Å²) in [5, 5.41) is 11.0. The van der Waals surface area contributed by atoms with E-state index < -0.39 is 18.5 Å². The Morgan fingerprint density at radius 3 is 1.19 bits per heavy atom. The lowest BCUT2D eigenvalue weighted by Gasteiger charge is -2.09. The Labute approximate surface area is 258 Å². The second-order valence-electron chi connectivity index (χ2n) is 9.61. The number of carbonyl (C=O) groups is 2. The predicted molar refractivity (Wildman–Crippen MR) is 161 cm³/mol. The zero-order chi connectivity index (χ0) is 31.3. The number of carboxylic acids is 1. The van der Waals surface area contributed by atoms with Gasteiger partial charge in [-0.25, -0.2) is 4.79 Å². The smallest absolute Gasteiger partial charge is 0.329 e. The molecule has 0 aliphatic heterocycles. The minimum absolute atomic E-state index is 0.295. The largest absolute Gasteiger partial charge is 0.480 e. The van der Waals surface area contributed by atoms with Crippen molar-refractivity contribution in [1.29, 1.82) is 0 Å². The Bertz CT molecular complexity index is 585. The summed E-state index contributed by atoms with van der Waals surface area (Å²) in [6.07, 6.45) is 10.5. The Kier molecular flexibility index (Phi) is 35.6. The van der Waals surface area contributed by atoms with Crippen molar-refractivity contribution in [2.24, 2.45) is 0 Å². The van der Waals surface area contributed by atoms with Gasteiger partial charge in [-0.1, -0.05) is 51.9 Å². The van der Waals surface area contributed by atoms with E-state index in [2.05, 4.69) is 17.0 Å². The van der Waals surface area contributed by atoms with E-state index in [-0.39, 0.29) is 6.61 Å². The fourth-order valence-corrected chi connectivity index (χ4v) is 3.52. The normalized spacial score (nSPS) is 11.3. The number of unbranched alkanes of at least 4 members (excludes halogenated alkanes) is 7. The van der Waals surface area contributed by atoms with Gasteiger partial charge in [0, 0.05) is 13.2 Å². The van der Waals surface area contributed by atoms with Gasteiger partial charge in [-0.2, -0.15) is 0 Å². The molecule has 0 unspecified atom stereocenters. The van der Waals surface area contributed by atoms with Crippen LogP contribution in [0.1, 0.15) is 58.3 Å². The topological polar surface area (TPSA) is 149 Å². The summed E-state index contributed by atoms with van der Waals surface area (Å²) in [6.45, 7) is 9.94. The molecule has 0 atom stereocenters. The van der Waals surface area contributed by atoms with Crippen molar-refractivity contribution in [1.82, 2.24) is 5.32 Å². The van der Waals surface area contributed by atoms with Gasteiger partial charge in [-0.15, -0.1) is 0 Å². The molecule has 2 N–H and O–H groups in total. The Morgan fingerprint density at radius 1 is 0.442 bits per heavy atom. The number of rotatable bonds is 37. The summed E-state index contributed by atoms with van der Waals surface area (Å²) < 4.78 is 48.3. The van der Waals surface area contributed by atoms with Crippen molar-refractivity contribution in [2.45, 2.75) is 58.3 Å². The third-order valence-electron chi connectivity index (χ3n) is 5.77. The lowest BCUT2D eigenvalue weighted by molar-refractivity contribution is -0.143. The highest BCUT2D eigenvalue weighted by Crippen LogP contribution is 2.08. The standard InChI is InChI=1S/C30H59NO12/c1-2-3-4-5-6-7-8-9-11-35-13-15-37-17-19-39-21-23-41-25-26-42-24-22-40-20-18-38-16-14-36-12-10-31-29(32)27-43-28-30(33)34/h2-28H2,1H3,(H,31,32)(H,33,34). The van der Waals surface area contributed by atoms with Gasteiger partial charge < -0.3 is 53.1 Å². The molecule has 0 aliphatic rings. The number of hydrogen-bond acceptors (Lipinski definition) is 11. The van der Waals surface area contributed by atoms with Crippen molar-refractivity contribution in [3.05, 3.63) is 0 Å². The van der Waals surface area contributed by atoms with E-state index in [4.69, 9.17) is 43.0 Å². The van der Waals surface area contributed by atoms with Crippen LogP contribution in [0.25, 0.3) is 0 Å². The van der Waals surface area contributed by atoms with Gasteiger partial charge >= 0.3 is 5.97 Å². The first kappa shape index (κ1) is 41.6. The molecule has 0 saturated carbocycles. The van der Waals surface area contributed by atoms with Crippen LogP contribution < -0.4 is 5.32 Å². The summed E-state index contributed by atoms with van der Waals surface area (Å²) in [4.78, 5) is 21.6. The molecule has 13 nitrogen and oxygen atoms in total. The van der Waals surface area contributed by atoms with Crippen molar-refractivity contribution in [2.75, 3.05) is 125 Å². The van der Waals surface area contributed by atoms with Gasteiger partial charge in [0.25, 0.3) is 0 Å². The molecule has 256 valence electrons. The van der Waals surface area contributed by atoms with Crippen molar-refractivity contribution in [3.8, 4) is 0 Å². The second-order valence-corrected chi connectivity index (χ2v) is 9.61. The van der Waals surface area contributed by atoms with Crippen LogP contribution in [-0.2, 0) is 52.2 Å². The summed E-state index contributed by atoms with van der Waals surface area (Å²) in [5.41, 5.74) is 0. The minimum Gasteiger partial charge on any atom is -0.480 e. The van der Waals surface area contributed by atoms with Crippen LogP contribution in [0, 0.1) is 0 Å². The van der Waals surface area contributed by atoms with Gasteiger partial charge in [0.1, 0.15) is 13.2 Å². The molecule has 0 heterocycles. The van der Waals surface area contributed by atoms with Gasteiger partial charge in [-0.05, 0) is 6.42 Å². The lowest BCUT2D eigenvalue weighted by atomic mass is 10.1. The van der Waals surface area contributed by atoms with Crippen molar-refractivity contribution < 1.29 is 57.3 Å². The molecule has 0 fully saturated rings. The molecular weight excluding hydrogens is 566 g/mol. The Balaban J connectivity index is 3.08.